The van der Waals surface area contributed by atoms with Crippen molar-refractivity contribution >= 4 is 17.6 Å². The summed E-state index contributed by atoms with van der Waals surface area (Å²) in [5.41, 5.74) is 1.97. The van der Waals surface area contributed by atoms with Gasteiger partial charge in [0.25, 0.3) is 0 Å². The van der Waals surface area contributed by atoms with Gasteiger partial charge in [0, 0.05) is 37.7 Å². The smallest absolute Gasteiger partial charge is 0.321 e. The number of amides is 3. The molecule has 1 aliphatic rings. The molecule has 0 saturated carbocycles. The molecule has 1 aromatic heterocycles. The zero-order valence-corrected chi connectivity index (χ0v) is 16.6. The van der Waals surface area contributed by atoms with Crippen molar-refractivity contribution in [1.82, 2.24) is 10.2 Å². The monoisotopic (exact) mass is 383 g/mol. The molecule has 1 aromatic carbocycles. The first-order chi connectivity index (χ1) is 13.5. The fourth-order valence-electron chi connectivity index (χ4n) is 3.56. The van der Waals surface area contributed by atoms with Crippen molar-refractivity contribution in [2.24, 2.45) is 5.92 Å². The summed E-state index contributed by atoms with van der Waals surface area (Å²) in [7, 11) is 0. The van der Waals surface area contributed by atoms with Crippen LogP contribution in [-0.4, -0.2) is 36.0 Å². The van der Waals surface area contributed by atoms with Gasteiger partial charge >= 0.3 is 6.03 Å². The molecule has 150 valence electrons. The molecule has 1 unspecified atom stereocenters. The molecule has 3 amide bonds. The topological polar surface area (TPSA) is 74.6 Å². The Hall–Kier alpha value is -2.76. The van der Waals surface area contributed by atoms with Crippen molar-refractivity contribution in [2.45, 2.75) is 45.6 Å². The minimum atomic E-state index is -0.0705. The van der Waals surface area contributed by atoms with Crippen molar-refractivity contribution < 1.29 is 14.0 Å². The summed E-state index contributed by atoms with van der Waals surface area (Å²) >= 11 is 0. The Balaban J connectivity index is 1.37. The summed E-state index contributed by atoms with van der Waals surface area (Å²) in [6, 6.07) is 11.5. The van der Waals surface area contributed by atoms with Gasteiger partial charge in [-0.3, -0.25) is 4.79 Å². The first-order valence-electron chi connectivity index (χ1n) is 9.94. The second-order valence-electron chi connectivity index (χ2n) is 7.68. The van der Waals surface area contributed by atoms with Crippen molar-refractivity contribution in [3.05, 3.63) is 54.0 Å². The second kappa shape index (κ2) is 9.44. The maximum Gasteiger partial charge on any atom is 0.321 e. The van der Waals surface area contributed by atoms with E-state index in [1.807, 2.05) is 55.1 Å². The standard InChI is InChI=1S/C22H29N3O3/c1-16-5-7-19(8-6-16)24-22(27)25-11-9-18(10-12-25)15-21(26)23-17(2)14-20-4-3-13-28-20/h3-8,13,17-18H,9-12,14-15H2,1-2H3,(H,23,26)(H,24,27). The average molecular weight is 383 g/mol. The van der Waals surface area contributed by atoms with Crippen molar-refractivity contribution in [2.75, 3.05) is 18.4 Å². The number of hydrogen-bond acceptors (Lipinski definition) is 3. The Kier molecular flexibility index (Phi) is 6.74. The number of piperidine rings is 1. The summed E-state index contributed by atoms with van der Waals surface area (Å²) in [5.74, 6) is 1.27. The van der Waals surface area contributed by atoms with Gasteiger partial charge in [-0.05, 0) is 56.9 Å². The zero-order valence-electron chi connectivity index (χ0n) is 16.6. The van der Waals surface area contributed by atoms with Gasteiger partial charge in [0.2, 0.25) is 5.91 Å². The summed E-state index contributed by atoms with van der Waals surface area (Å²) in [6.45, 7) is 5.36. The summed E-state index contributed by atoms with van der Waals surface area (Å²) in [5, 5.41) is 5.99. The van der Waals surface area contributed by atoms with E-state index in [-0.39, 0.29) is 18.0 Å². The number of carbonyl (C=O) groups is 2. The van der Waals surface area contributed by atoms with Gasteiger partial charge in [0.1, 0.15) is 5.76 Å². The molecule has 0 bridgehead atoms. The van der Waals surface area contributed by atoms with Gasteiger partial charge in [0.05, 0.1) is 6.26 Å². The van der Waals surface area contributed by atoms with Gasteiger partial charge in [0.15, 0.2) is 0 Å². The third kappa shape index (κ3) is 5.87. The van der Waals surface area contributed by atoms with E-state index in [1.165, 1.54) is 0 Å². The number of benzene rings is 1. The fraction of sp³-hybridized carbons (Fsp3) is 0.455. The Morgan fingerprint density at radius 1 is 1.18 bits per heavy atom. The summed E-state index contributed by atoms with van der Waals surface area (Å²) in [6.07, 6.45) is 4.54. The van der Waals surface area contributed by atoms with E-state index in [9.17, 15) is 9.59 Å². The van der Waals surface area contributed by atoms with Crippen LogP contribution in [0.4, 0.5) is 10.5 Å². The first kappa shape index (κ1) is 20.0. The number of likely N-dealkylation sites (tertiary alicyclic amines) is 1. The molecule has 28 heavy (non-hydrogen) atoms. The Bertz CT molecular complexity index is 763. The number of aryl methyl sites for hydroxylation is 1. The van der Waals surface area contributed by atoms with Crippen LogP contribution in [0.5, 0.6) is 0 Å². The molecule has 3 rings (SSSR count). The van der Waals surface area contributed by atoms with E-state index < -0.39 is 0 Å². The molecule has 2 heterocycles. The predicted octanol–water partition coefficient (Wildman–Crippen LogP) is 3.97. The summed E-state index contributed by atoms with van der Waals surface area (Å²) < 4.78 is 5.32. The van der Waals surface area contributed by atoms with Crippen molar-refractivity contribution in [3.8, 4) is 0 Å². The molecule has 1 saturated heterocycles. The molecule has 6 heteroatoms. The molecular formula is C22H29N3O3. The molecule has 6 nitrogen and oxygen atoms in total. The van der Waals surface area contributed by atoms with Crippen LogP contribution in [-0.2, 0) is 11.2 Å². The van der Waals surface area contributed by atoms with Gasteiger partial charge in [-0.25, -0.2) is 4.79 Å². The molecular weight excluding hydrogens is 354 g/mol. The highest BCUT2D eigenvalue weighted by atomic mass is 16.3. The quantitative estimate of drug-likeness (QED) is 0.793. The first-order valence-corrected chi connectivity index (χ1v) is 9.94. The van der Waals surface area contributed by atoms with E-state index in [4.69, 9.17) is 4.42 Å². The van der Waals surface area contributed by atoms with Crippen molar-refractivity contribution in [3.63, 3.8) is 0 Å². The lowest BCUT2D eigenvalue weighted by Gasteiger charge is -2.32. The Morgan fingerprint density at radius 3 is 2.54 bits per heavy atom. The number of anilines is 1. The highest BCUT2D eigenvalue weighted by Crippen LogP contribution is 2.21. The maximum atomic E-state index is 12.4. The third-order valence-electron chi connectivity index (χ3n) is 5.17. The van der Waals surface area contributed by atoms with Crippen LogP contribution in [0.15, 0.2) is 47.1 Å². The molecule has 0 spiro atoms. The number of urea groups is 1. The predicted molar refractivity (Wildman–Crippen MR) is 109 cm³/mol. The largest absolute Gasteiger partial charge is 0.469 e. The average Bonchev–Trinajstić information content (AvgIpc) is 3.16. The minimum absolute atomic E-state index is 0.0408. The fourth-order valence-corrected chi connectivity index (χ4v) is 3.56. The number of rotatable bonds is 6. The van der Waals surface area contributed by atoms with Crippen LogP contribution in [0, 0.1) is 12.8 Å². The van der Waals surface area contributed by atoms with E-state index in [0.717, 1.165) is 29.9 Å². The van der Waals surface area contributed by atoms with Gasteiger partial charge in [-0.2, -0.15) is 0 Å². The van der Waals surface area contributed by atoms with Crippen LogP contribution in [0.2, 0.25) is 0 Å². The SMILES string of the molecule is Cc1ccc(NC(=O)N2CCC(CC(=O)NC(C)Cc3ccco3)CC2)cc1. The lowest BCUT2D eigenvalue weighted by atomic mass is 9.93. The van der Waals surface area contributed by atoms with Crippen LogP contribution >= 0.6 is 0 Å². The molecule has 2 aromatic rings. The molecule has 1 fully saturated rings. The van der Waals surface area contributed by atoms with Crippen LogP contribution in [0.25, 0.3) is 0 Å². The highest BCUT2D eigenvalue weighted by molar-refractivity contribution is 5.89. The van der Waals surface area contributed by atoms with E-state index in [2.05, 4.69) is 10.6 Å². The minimum Gasteiger partial charge on any atom is -0.469 e. The van der Waals surface area contributed by atoms with E-state index in [1.54, 1.807) is 6.26 Å². The van der Waals surface area contributed by atoms with Gasteiger partial charge in [-0.15, -0.1) is 0 Å². The summed E-state index contributed by atoms with van der Waals surface area (Å²) in [4.78, 5) is 26.5. The highest BCUT2D eigenvalue weighted by Gasteiger charge is 2.25. The number of carbonyl (C=O) groups excluding carboxylic acids is 2. The molecule has 1 aliphatic heterocycles. The van der Waals surface area contributed by atoms with Gasteiger partial charge in [-0.1, -0.05) is 17.7 Å². The molecule has 2 N–H and O–H groups in total. The number of nitrogens with zero attached hydrogens (tertiary/aromatic N) is 1. The number of hydrogen-bond donors (Lipinski definition) is 2. The number of nitrogens with one attached hydrogen (secondary N) is 2. The van der Waals surface area contributed by atoms with Crippen LogP contribution in [0.3, 0.4) is 0 Å². The van der Waals surface area contributed by atoms with Crippen molar-refractivity contribution in [1.29, 1.82) is 0 Å². The lowest BCUT2D eigenvalue weighted by molar-refractivity contribution is -0.122. The Morgan fingerprint density at radius 2 is 1.89 bits per heavy atom. The molecule has 1 atom stereocenters. The van der Waals surface area contributed by atoms with Crippen LogP contribution < -0.4 is 10.6 Å². The normalized spacial score (nSPS) is 15.9. The van der Waals surface area contributed by atoms with Crippen LogP contribution in [0.1, 0.15) is 37.5 Å². The third-order valence-corrected chi connectivity index (χ3v) is 5.17. The number of furan rings is 1. The maximum absolute atomic E-state index is 12.4. The van der Waals surface area contributed by atoms with E-state index in [0.29, 0.717) is 31.8 Å². The van der Waals surface area contributed by atoms with E-state index >= 15 is 0 Å². The lowest BCUT2D eigenvalue weighted by Crippen LogP contribution is -2.42. The Labute approximate surface area is 166 Å². The zero-order chi connectivity index (χ0) is 19.9. The van der Waals surface area contributed by atoms with Gasteiger partial charge < -0.3 is 20.0 Å². The molecule has 0 radical (unpaired) electrons. The second-order valence-corrected chi connectivity index (χ2v) is 7.68. The molecule has 0 aliphatic carbocycles.